The molecule has 0 unspecified atom stereocenters. The molecular weight excluding hydrogens is 248 g/mol. The van der Waals surface area contributed by atoms with Gasteiger partial charge >= 0.3 is 5.97 Å². The number of aromatic nitrogens is 2. The summed E-state index contributed by atoms with van der Waals surface area (Å²) in [6.07, 6.45) is 2.39. The van der Waals surface area contributed by atoms with E-state index in [1.54, 1.807) is 28.9 Å². The summed E-state index contributed by atoms with van der Waals surface area (Å²) >= 11 is 0. The molecule has 1 fully saturated rings. The third kappa shape index (κ3) is 3.31. The second-order valence-corrected chi connectivity index (χ2v) is 4.66. The Morgan fingerprint density at radius 3 is 2.74 bits per heavy atom. The molecule has 0 bridgehead atoms. The molecule has 2 rings (SSSR count). The summed E-state index contributed by atoms with van der Waals surface area (Å²) in [6.45, 7) is 2.54. The molecule has 1 aliphatic rings. The van der Waals surface area contributed by atoms with Crippen LogP contribution in [0.3, 0.4) is 0 Å². The third-order valence-electron chi connectivity index (χ3n) is 3.27. The predicted molar refractivity (Wildman–Crippen MR) is 67.8 cm³/mol. The van der Waals surface area contributed by atoms with Crippen molar-refractivity contribution in [2.24, 2.45) is 7.05 Å². The van der Waals surface area contributed by atoms with Crippen LogP contribution in [0, 0.1) is 0 Å². The first-order valence-electron chi connectivity index (χ1n) is 6.29. The standard InChI is InChI=1S/C12H18N4O3/c1-14-10(3-4-13-14)12(19)16-6-2-5-15(7-8-16)9-11(17)18/h3-4H,2,5-9H2,1H3,(H,17,18). The molecule has 1 amide bonds. The van der Waals surface area contributed by atoms with Crippen LogP contribution in [0.4, 0.5) is 0 Å². The number of hydrogen-bond acceptors (Lipinski definition) is 4. The maximum absolute atomic E-state index is 12.3. The zero-order chi connectivity index (χ0) is 13.8. The number of rotatable bonds is 3. The van der Waals surface area contributed by atoms with E-state index in [-0.39, 0.29) is 12.5 Å². The fourth-order valence-corrected chi connectivity index (χ4v) is 2.27. The topological polar surface area (TPSA) is 78.7 Å². The van der Waals surface area contributed by atoms with Crippen molar-refractivity contribution in [1.82, 2.24) is 19.6 Å². The van der Waals surface area contributed by atoms with Gasteiger partial charge in [0.1, 0.15) is 5.69 Å². The number of hydrogen-bond donors (Lipinski definition) is 1. The van der Waals surface area contributed by atoms with Crippen molar-refractivity contribution in [2.75, 3.05) is 32.7 Å². The largest absolute Gasteiger partial charge is 0.480 e. The highest BCUT2D eigenvalue weighted by atomic mass is 16.4. The van der Waals surface area contributed by atoms with Crippen LogP contribution >= 0.6 is 0 Å². The molecule has 1 aliphatic heterocycles. The van der Waals surface area contributed by atoms with Gasteiger partial charge in [-0.1, -0.05) is 0 Å². The SMILES string of the molecule is Cn1nccc1C(=O)N1CCCN(CC(=O)O)CC1. The van der Waals surface area contributed by atoms with Gasteiger partial charge in [0.25, 0.3) is 5.91 Å². The van der Waals surface area contributed by atoms with Crippen molar-refractivity contribution in [3.05, 3.63) is 18.0 Å². The zero-order valence-electron chi connectivity index (χ0n) is 10.9. The van der Waals surface area contributed by atoms with Gasteiger partial charge in [-0.15, -0.1) is 0 Å². The summed E-state index contributed by atoms with van der Waals surface area (Å²) in [5.74, 6) is -0.872. The predicted octanol–water partition coefficient (Wildman–Crippen LogP) is -0.347. The molecule has 0 radical (unpaired) electrons. The lowest BCUT2D eigenvalue weighted by atomic mass is 10.3. The van der Waals surface area contributed by atoms with Crippen molar-refractivity contribution < 1.29 is 14.7 Å². The van der Waals surface area contributed by atoms with Gasteiger partial charge in [0.05, 0.1) is 6.54 Å². The van der Waals surface area contributed by atoms with E-state index in [1.807, 2.05) is 4.90 Å². The van der Waals surface area contributed by atoms with Gasteiger partial charge in [0.15, 0.2) is 0 Å². The van der Waals surface area contributed by atoms with Crippen LogP contribution in [0.15, 0.2) is 12.3 Å². The minimum atomic E-state index is -0.827. The van der Waals surface area contributed by atoms with Crippen molar-refractivity contribution in [3.63, 3.8) is 0 Å². The van der Waals surface area contributed by atoms with Crippen LogP contribution in [-0.2, 0) is 11.8 Å². The number of carbonyl (C=O) groups is 2. The monoisotopic (exact) mass is 266 g/mol. The molecular formula is C12H18N4O3. The van der Waals surface area contributed by atoms with Gasteiger partial charge in [-0.2, -0.15) is 5.10 Å². The van der Waals surface area contributed by atoms with Crippen molar-refractivity contribution >= 4 is 11.9 Å². The van der Waals surface area contributed by atoms with Crippen LogP contribution in [-0.4, -0.2) is 69.3 Å². The number of amides is 1. The highest BCUT2D eigenvalue weighted by molar-refractivity contribution is 5.92. The van der Waals surface area contributed by atoms with E-state index in [0.717, 1.165) is 6.42 Å². The Kier molecular flexibility index (Phi) is 4.16. The molecule has 1 aromatic heterocycles. The molecule has 104 valence electrons. The summed E-state index contributed by atoms with van der Waals surface area (Å²) in [5.41, 5.74) is 0.562. The molecule has 0 aliphatic carbocycles. The van der Waals surface area contributed by atoms with Crippen LogP contribution in [0.1, 0.15) is 16.9 Å². The molecule has 7 heteroatoms. The molecule has 1 aromatic rings. The second-order valence-electron chi connectivity index (χ2n) is 4.66. The fourth-order valence-electron chi connectivity index (χ4n) is 2.27. The highest BCUT2D eigenvalue weighted by Crippen LogP contribution is 2.08. The fraction of sp³-hybridized carbons (Fsp3) is 0.583. The van der Waals surface area contributed by atoms with Crippen molar-refractivity contribution in [1.29, 1.82) is 0 Å². The third-order valence-corrected chi connectivity index (χ3v) is 3.27. The summed E-state index contributed by atoms with van der Waals surface area (Å²) < 4.78 is 1.56. The molecule has 0 saturated carbocycles. The summed E-state index contributed by atoms with van der Waals surface area (Å²) in [7, 11) is 1.74. The van der Waals surface area contributed by atoms with Crippen LogP contribution in [0.25, 0.3) is 0 Å². The second kappa shape index (κ2) is 5.83. The van der Waals surface area contributed by atoms with Gasteiger partial charge in [-0.05, 0) is 12.5 Å². The van der Waals surface area contributed by atoms with Crippen molar-refractivity contribution in [3.8, 4) is 0 Å². The Labute approximate surface area is 111 Å². The van der Waals surface area contributed by atoms with Gasteiger partial charge < -0.3 is 10.0 Å². The molecule has 1 N–H and O–H groups in total. The number of carboxylic acid groups (broad SMARTS) is 1. The average molecular weight is 266 g/mol. The molecule has 0 atom stereocenters. The first kappa shape index (κ1) is 13.5. The Hall–Kier alpha value is -1.89. The molecule has 0 spiro atoms. The van der Waals surface area contributed by atoms with E-state index in [1.165, 1.54) is 0 Å². The summed E-state index contributed by atoms with van der Waals surface area (Å²) in [5, 5.41) is 12.8. The Balaban J connectivity index is 1.97. The van der Waals surface area contributed by atoms with E-state index >= 15 is 0 Å². The number of carboxylic acids is 1. The number of aryl methyl sites for hydroxylation is 1. The van der Waals surface area contributed by atoms with E-state index < -0.39 is 5.97 Å². The zero-order valence-corrected chi connectivity index (χ0v) is 10.9. The Morgan fingerprint density at radius 1 is 1.32 bits per heavy atom. The maximum atomic E-state index is 12.3. The lowest BCUT2D eigenvalue weighted by Gasteiger charge is -2.21. The molecule has 19 heavy (non-hydrogen) atoms. The van der Waals surface area contributed by atoms with Gasteiger partial charge in [-0.3, -0.25) is 19.2 Å². The average Bonchev–Trinajstić information content (AvgIpc) is 2.64. The minimum absolute atomic E-state index is 0.0355. The Bertz CT molecular complexity index is 471. The van der Waals surface area contributed by atoms with Crippen LogP contribution < -0.4 is 0 Å². The minimum Gasteiger partial charge on any atom is -0.480 e. The molecule has 1 saturated heterocycles. The number of nitrogens with zero attached hydrogens (tertiary/aromatic N) is 4. The molecule has 7 nitrogen and oxygen atoms in total. The van der Waals surface area contributed by atoms with Gasteiger partial charge in [-0.25, -0.2) is 0 Å². The van der Waals surface area contributed by atoms with E-state index in [2.05, 4.69) is 5.10 Å². The molecule has 0 aromatic carbocycles. The summed E-state index contributed by atoms with van der Waals surface area (Å²) in [4.78, 5) is 26.6. The van der Waals surface area contributed by atoms with Crippen LogP contribution in [0.2, 0.25) is 0 Å². The van der Waals surface area contributed by atoms with Gasteiger partial charge in [0, 0.05) is 39.4 Å². The normalized spacial score (nSPS) is 17.2. The lowest BCUT2D eigenvalue weighted by molar-refractivity contribution is -0.138. The van der Waals surface area contributed by atoms with Crippen LogP contribution in [0.5, 0.6) is 0 Å². The van der Waals surface area contributed by atoms with Gasteiger partial charge in [0.2, 0.25) is 0 Å². The number of carbonyl (C=O) groups excluding carboxylic acids is 1. The van der Waals surface area contributed by atoms with Crippen molar-refractivity contribution in [2.45, 2.75) is 6.42 Å². The number of aliphatic carboxylic acids is 1. The highest BCUT2D eigenvalue weighted by Gasteiger charge is 2.22. The lowest BCUT2D eigenvalue weighted by Crippen LogP contribution is -2.37. The first-order valence-corrected chi connectivity index (χ1v) is 6.29. The van der Waals surface area contributed by atoms with E-state index in [4.69, 9.17) is 5.11 Å². The molecule has 2 heterocycles. The Morgan fingerprint density at radius 2 is 2.11 bits per heavy atom. The maximum Gasteiger partial charge on any atom is 0.317 e. The van der Waals surface area contributed by atoms with E-state index in [0.29, 0.717) is 31.9 Å². The smallest absolute Gasteiger partial charge is 0.317 e. The quantitative estimate of drug-likeness (QED) is 0.809. The first-order chi connectivity index (χ1) is 9.08. The van der Waals surface area contributed by atoms with E-state index in [9.17, 15) is 9.59 Å². The summed E-state index contributed by atoms with van der Waals surface area (Å²) in [6, 6.07) is 1.70.